The van der Waals surface area contributed by atoms with E-state index in [9.17, 15) is 0 Å². The van der Waals surface area contributed by atoms with E-state index in [0.717, 1.165) is 26.2 Å². The number of aromatic nitrogens is 1. The lowest BCUT2D eigenvalue weighted by Gasteiger charge is -2.34. The third kappa shape index (κ3) is 2.71. The van der Waals surface area contributed by atoms with Crippen LogP contribution in [0.25, 0.3) is 0 Å². The smallest absolute Gasteiger partial charge is 0.0873 e. The van der Waals surface area contributed by atoms with Crippen LogP contribution < -0.4 is 5.32 Å². The van der Waals surface area contributed by atoms with Gasteiger partial charge in [-0.15, -0.1) is 11.3 Å². The summed E-state index contributed by atoms with van der Waals surface area (Å²) in [6, 6.07) is 8.84. The van der Waals surface area contributed by atoms with E-state index < -0.39 is 0 Å². The van der Waals surface area contributed by atoms with Crippen LogP contribution in [0.1, 0.15) is 22.2 Å². The van der Waals surface area contributed by atoms with E-state index in [-0.39, 0.29) is 0 Å². The standard InChI is InChI=1S/C15H19N3S/c1-12-4-2-6-17-14(12)15(13-5-3-11-19-13)18-9-7-16-8-10-18/h2-6,11,15-16H,7-10H2,1H3. The maximum atomic E-state index is 4.65. The van der Waals surface area contributed by atoms with Gasteiger partial charge in [-0.25, -0.2) is 0 Å². The van der Waals surface area contributed by atoms with E-state index in [1.807, 2.05) is 23.6 Å². The summed E-state index contributed by atoms with van der Waals surface area (Å²) < 4.78 is 0. The molecule has 3 heterocycles. The molecule has 19 heavy (non-hydrogen) atoms. The van der Waals surface area contributed by atoms with Gasteiger partial charge in [-0.1, -0.05) is 12.1 Å². The predicted octanol–water partition coefficient (Wildman–Crippen LogP) is 2.45. The van der Waals surface area contributed by atoms with Crippen molar-refractivity contribution in [3.8, 4) is 0 Å². The Kier molecular flexibility index (Phi) is 3.92. The van der Waals surface area contributed by atoms with Crippen molar-refractivity contribution in [2.75, 3.05) is 26.2 Å². The second kappa shape index (κ2) is 5.82. The minimum Gasteiger partial charge on any atom is -0.314 e. The Morgan fingerprint density at radius 2 is 2.11 bits per heavy atom. The highest BCUT2D eigenvalue weighted by Gasteiger charge is 2.26. The topological polar surface area (TPSA) is 28.2 Å². The van der Waals surface area contributed by atoms with Gasteiger partial charge in [0.15, 0.2) is 0 Å². The van der Waals surface area contributed by atoms with Crippen molar-refractivity contribution in [2.45, 2.75) is 13.0 Å². The molecule has 1 saturated heterocycles. The Balaban J connectivity index is 1.99. The zero-order valence-electron chi connectivity index (χ0n) is 11.2. The van der Waals surface area contributed by atoms with Crippen molar-refractivity contribution in [1.82, 2.24) is 15.2 Å². The molecular weight excluding hydrogens is 254 g/mol. The summed E-state index contributed by atoms with van der Waals surface area (Å²) in [4.78, 5) is 8.59. The average Bonchev–Trinajstić information content (AvgIpc) is 2.96. The number of piperazine rings is 1. The molecule has 4 heteroatoms. The van der Waals surface area contributed by atoms with E-state index in [1.165, 1.54) is 16.1 Å². The minimum atomic E-state index is 0.309. The molecule has 2 aromatic heterocycles. The van der Waals surface area contributed by atoms with Gasteiger partial charge in [0, 0.05) is 37.3 Å². The van der Waals surface area contributed by atoms with Crippen molar-refractivity contribution in [3.05, 3.63) is 52.0 Å². The number of nitrogens with one attached hydrogen (secondary N) is 1. The van der Waals surface area contributed by atoms with E-state index in [2.05, 4.69) is 45.7 Å². The molecule has 0 bridgehead atoms. The molecule has 0 saturated carbocycles. The Hall–Kier alpha value is -1.23. The van der Waals surface area contributed by atoms with E-state index in [0.29, 0.717) is 6.04 Å². The zero-order chi connectivity index (χ0) is 13.1. The molecular formula is C15H19N3S. The fourth-order valence-electron chi connectivity index (χ4n) is 2.66. The van der Waals surface area contributed by atoms with Crippen LogP contribution in [0.4, 0.5) is 0 Å². The molecule has 0 amide bonds. The van der Waals surface area contributed by atoms with Crippen LogP contribution >= 0.6 is 11.3 Å². The highest BCUT2D eigenvalue weighted by Crippen LogP contribution is 2.32. The minimum absolute atomic E-state index is 0.309. The molecule has 0 radical (unpaired) electrons. The summed E-state index contributed by atoms with van der Waals surface area (Å²) in [6.07, 6.45) is 1.91. The molecule has 0 aromatic carbocycles. The van der Waals surface area contributed by atoms with Gasteiger partial charge in [0.1, 0.15) is 0 Å². The Morgan fingerprint density at radius 1 is 1.26 bits per heavy atom. The van der Waals surface area contributed by atoms with Gasteiger partial charge in [-0.2, -0.15) is 0 Å². The zero-order valence-corrected chi connectivity index (χ0v) is 12.0. The van der Waals surface area contributed by atoms with Crippen LogP contribution in [0.2, 0.25) is 0 Å². The Labute approximate surface area is 118 Å². The first-order valence-corrected chi connectivity index (χ1v) is 7.64. The third-order valence-electron chi connectivity index (χ3n) is 3.64. The maximum absolute atomic E-state index is 4.65. The van der Waals surface area contributed by atoms with E-state index in [1.54, 1.807) is 0 Å². The van der Waals surface area contributed by atoms with Gasteiger partial charge < -0.3 is 5.32 Å². The fourth-order valence-corrected chi connectivity index (χ4v) is 3.52. The van der Waals surface area contributed by atoms with Gasteiger partial charge >= 0.3 is 0 Å². The van der Waals surface area contributed by atoms with Crippen molar-refractivity contribution >= 4 is 11.3 Å². The molecule has 1 aliphatic rings. The lowest BCUT2D eigenvalue weighted by molar-refractivity contribution is 0.197. The number of hydrogen-bond donors (Lipinski definition) is 1. The lowest BCUT2D eigenvalue weighted by Crippen LogP contribution is -2.45. The summed E-state index contributed by atoms with van der Waals surface area (Å²) in [7, 11) is 0. The summed E-state index contributed by atoms with van der Waals surface area (Å²) in [6.45, 7) is 6.45. The van der Waals surface area contributed by atoms with Crippen LogP contribution in [0, 0.1) is 6.92 Å². The normalized spacial score (nSPS) is 18.4. The lowest BCUT2D eigenvalue weighted by atomic mass is 10.0. The molecule has 1 fully saturated rings. The summed E-state index contributed by atoms with van der Waals surface area (Å²) >= 11 is 1.83. The number of hydrogen-bond acceptors (Lipinski definition) is 4. The molecule has 3 nitrogen and oxygen atoms in total. The van der Waals surface area contributed by atoms with Gasteiger partial charge in [-0.05, 0) is 30.0 Å². The molecule has 2 aromatic rings. The first-order chi connectivity index (χ1) is 9.36. The van der Waals surface area contributed by atoms with Gasteiger partial charge in [0.05, 0.1) is 11.7 Å². The van der Waals surface area contributed by atoms with E-state index >= 15 is 0 Å². The molecule has 0 spiro atoms. The predicted molar refractivity (Wildman–Crippen MR) is 79.6 cm³/mol. The van der Waals surface area contributed by atoms with Gasteiger partial charge in [0.2, 0.25) is 0 Å². The molecule has 1 unspecified atom stereocenters. The van der Waals surface area contributed by atoms with Gasteiger partial charge in [-0.3, -0.25) is 9.88 Å². The van der Waals surface area contributed by atoms with Crippen molar-refractivity contribution < 1.29 is 0 Å². The number of nitrogens with zero attached hydrogens (tertiary/aromatic N) is 2. The summed E-state index contributed by atoms with van der Waals surface area (Å²) in [5.74, 6) is 0. The highest BCUT2D eigenvalue weighted by molar-refractivity contribution is 7.10. The quantitative estimate of drug-likeness (QED) is 0.931. The van der Waals surface area contributed by atoms with Crippen molar-refractivity contribution in [1.29, 1.82) is 0 Å². The number of thiophene rings is 1. The van der Waals surface area contributed by atoms with Crippen LogP contribution in [-0.4, -0.2) is 36.1 Å². The molecule has 1 atom stereocenters. The first-order valence-electron chi connectivity index (χ1n) is 6.76. The van der Waals surface area contributed by atoms with Gasteiger partial charge in [0.25, 0.3) is 0 Å². The molecule has 1 aliphatic heterocycles. The Morgan fingerprint density at radius 3 is 2.79 bits per heavy atom. The maximum Gasteiger partial charge on any atom is 0.0873 e. The van der Waals surface area contributed by atoms with Crippen LogP contribution in [0.15, 0.2) is 35.8 Å². The second-order valence-corrected chi connectivity index (χ2v) is 5.89. The largest absolute Gasteiger partial charge is 0.314 e. The van der Waals surface area contributed by atoms with Crippen molar-refractivity contribution in [2.24, 2.45) is 0 Å². The molecule has 1 N–H and O–H groups in total. The van der Waals surface area contributed by atoms with Crippen molar-refractivity contribution in [3.63, 3.8) is 0 Å². The molecule has 100 valence electrons. The molecule has 0 aliphatic carbocycles. The van der Waals surface area contributed by atoms with Crippen LogP contribution in [0.5, 0.6) is 0 Å². The number of rotatable bonds is 3. The summed E-state index contributed by atoms with van der Waals surface area (Å²) in [5, 5.41) is 5.58. The SMILES string of the molecule is Cc1cccnc1C(c1cccs1)N1CCNCC1. The molecule has 3 rings (SSSR count). The fraction of sp³-hybridized carbons (Fsp3) is 0.400. The highest BCUT2D eigenvalue weighted by atomic mass is 32.1. The Bertz CT molecular complexity index is 518. The first kappa shape index (κ1) is 12.8. The number of pyridine rings is 1. The number of aryl methyl sites for hydroxylation is 1. The van der Waals surface area contributed by atoms with Crippen LogP contribution in [-0.2, 0) is 0 Å². The average molecular weight is 273 g/mol. The third-order valence-corrected chi connectivity index (χ3v) is 4.56. The second-order valence-electron chi connectivity index (χ2n) is 4.91. The van der Waals surface area contributed by atoms with E-state index in [4.69, 9.17) is 0 Å². The monoisotopic (exact) mass is 273 g/mol. The summed E-state index contributed by atoms with van der Waals surface area (Å²) in [5.41, 5.74) is 2.48. The van der Waals surface area contributed by atoms with Crippen LogP contribution in [0.3, 0.4) is 0 Å².